The molecule has 5 aromatic rings. The molecule has 0 amide bonds. The Kier molecular flexibility index (Phi) is 4.18. The fourth-order valence-electron chi connectivity index (χ4n) is 4.24. The first-order valence-electron chi connectivity index (χ1n) is 9.44. The zero-order valence-corrected chi connectivity index (χ0v) is 17.7. The van der Waals surface area contributed by atoms with Crippen molar-refractivity contribution in [2.24, 2.45) is 0 Å². The van der Waals surface area contributed by atoms with E-state index in [4.69, 9.17) is 4.42 Å². The number of Topliss-reactive ketones (excluding diaryl/α,β-unsaturated/α-hetero) is 1. The molecular weight excluding hydrogens is 426 g/mol. The Morgan fingerprint density at radius 3 is 2.28 bits per heavy atom. The van der Waals surface area contributed by atoms with E-state index in [1.165, 1.54) is 0 Å². The number of ketones is 1. The summed E-state index contributed by atoms with van der Waals surface area (Å²) < 4.78 is 8.98. The summed E-state index contributed by atoms with van der Waals surface area (Å²) in [5.74, 6) is 0.0472. The normalized spacial score (nSPS) is 11.4. The number of nitrogens with zero attached hydrogens (tertiary/aromatic N) is 1. The minimum Gasteiger partial charge on any atom is -0.462 e. The highest BCUT2D eigenvalue weighted by atomic mass is 79.9. The van der Waals surface area contributed by atoms with Gasteiger partial charge in [0.1, 0.15) is 5.58 Å². The van der Waals surface area contributed by atoms with Crippen LogP contribution in [0.25, 0.3) is 38.7 Å². The molecule has 0 aliphatic carbocycles. The van der Waals surface area contributed by atoms with Gasteiger partial charge >= 0.3 is 0 Å². The van der Waals surface area contributed by atoms with Crippen LogP contribution in [0, 0.1) is 6.92 Å². The predicted molar refractivity (Wildman–Crippen MR) is 121 cm³/mol. The molecule has 0 saturated heterocycles. The Hall–Kier alpha value is -3.11. The average Bonchev–Trinajstić information content (AvgIpc) is 3.29. The Balaban J connectivity index is 2.01. The third kappa shape index (κ3) is 2.67. The molecule has 3 nitrogen and oxygen atoms in total. The summed E-state index contributed by atoms with van der Waals surface area (Å²) >= 11 is 3.69. The molecule has 0 bridgehead atoms. The van der Waals surface area contributed by atoms with Crippen LogP contribution in [0.5, 0.6) is 0 Å². The smallest absolute Gasteiger partial charge is 0.162 e. The van der Waals surface area contributed by atoms with Crippen LogP contribution in [-0.4, -0.2) is 10.4 Å². The van der Waals surface area contributed by atoms with Crippen LogP contribution in [0.15, 0.2) is 81.9 Å². The largest absolute Gasteiger partial charge is 0.462 e. The monoisotopic (exact) mass is 443 g/mol. The zero-order chi connectivity index (χ0) is 20.1. The molecule has 2 heterocycles. The number of carbonyl (C=O) groups is 1. The number of benzene rings is 3. The van der Waals surface area contributed by atoms with E-state index in [-0.39, 0.29) is 5.78 Å². The number of furan rings is 1. The molecule has 3 aromatic carbocycles. The number of rotatable bonds is 3. The Bertz CT molecular complexity index is 1380. The van der Waals surface area contributed by atoms with Gasteiger partial charge in [0.15, 0.2) is 5.78 Å². The van der Waals surface area contributed by atoms with Crippen LogP contribution in [0.1, 0.15) is 23.0 Å². The van der Waals surface area contributed by atoms with Gasteiger partial charge in [0.2, 0.25) is 0 Å². The molecule has 0 spiro atoms. The lowest BCUT2D eigenvalue weighted by Gasteiger charge is -2.09. The molecule has 4 heteroatoms. The van der Waals surface area contributed by atoms with Gasteiger partial charge in [-0.25, -0.2) is 0 Å². The first-order chi connectivity index (χ1) is 14.1. The number of hydrogen-bond acceptors (Lipinski definition) is 2. The molecule has 2 aromatic heterocycles. The van der Waals surface area contributed by atoms with Gasteiger partial charge in [-0.05, 0) is 53.5 Å². The van der Waals surface area contributed by atoms with Gasteiger partial charge < -0.3 is 8.98 Å². The van der Waals surface area contributed by atoms with Gasteiger partial charge in [-0.3, -0.25) is 4.79 Å². The first-order valence-corrected chi connectivity index (χ1v) is 10.2. The molecule has 0 aliphatic heterocycles. The Morgan fingerprint density at radius 2 is 1.62 bits per heavy atom. The summed E-state index contributed by atoms with van der Waals surface area (Å²) in [5, 5.41) is 1.90. The van der Waals surface area contributed by atoms with Crippen molar-refractivity contribution >= 4 is 43.6 Å². The summed E-state index contributed by atoms with van der Waals surface area (Å²) in [7, 11) is 0. The fourth-order valence-corrected chi connectivity index (χ4v) is 4.75. The molecule has 0 aliphatic rings. The number of para-hydroxylation sites is 1. The molecule has 29 heavy (non-hydrogen) atoms. The summed E-state index contributed by atoms with van der Waals surface area (Å²) in [4.78, 5) is 12.8. The number of halogens is 1. The molecule has 0 radical (unpaired) electrons. The molecule has 0 atom stereocenters. The molecule has 0 N–H and O–H groups in total. The maximum atomic E-state index is 12.8. The molecule has 0 unspecified atom stereocenters. The first kappa shape index (κ1) is 18.0. The van der Waals surface area contributed by atoms with Crippen molar-refractivity contribution in [2.45, 2.75) is 13.8 Å². The molecule has 5 rings (SSSR count). The number of hydrogen-bond donors (Lipinski definition) is 0. The highest BCUT2D eigenvalue weighted by molar-refractivity contribution is 9.10. The van der Waals surface area contributed by atoms with Crippen molar-refractivity contribution in [2.75, 3.05) is 0 Å². The summed E-state index contributed by atoms with van der Waals surface area (Å²) in [6.45, 7) is 3.64. The van der Waals surface area contributed by atoms with E-state index in [0.29, 0.717) is 0 Å². The molecule has 142 valence electrons. The minimum atomic E-state index is 0.0472. The van der Waals surface area contributed by atoms with Crippen molar-refractivity contribution in [1.82, 2.24) is 4.57 Å². The molecule has 0 saturated carbocycles. The van der Waals surface area contributed by atoms with Gasteiger partial charge in [0.05, 0.1) is 16.3 Å². The number of carbonyl (C=O) groups excluding carboxylic acids is 1. The minimum absolute atomic E-state index is 0.0472. The van der Waals surface area contributed by atoms with Crippen LogP contribution in [0.3, 0.4) is 0 Å². The molecule has 0 fully saturated rings. The third-order valence-corrected chi connectivity index (χ3v) is 6.01. The zero-order valence-electron chi connectivity index (χ0n) is 16.1. The SMILES string of the molecule is CC(=O)c1c(C)n(-c2ccccc2)c2cc(Br)c3occ(-c4ccccc4)c3c12. The predicted octanol–water partition coefficient (Wildman–Crippen LogP) is 7.32. The second kappa shape index (κ2) is 6.75. The van der Waals surface area contributed by atoms with Crippen LogP contribution in [0.4, 0.5) is 0 Å². The standard InChI is InChI=1S/C25H18BrNO2/c1-15-22(16(2)28)24-21(27(15)18-11-7-4-8-12-18)13-20(26)25-23(24)19(14-29-25)17-9-5-3-6-10-17/h3-14H,1-2H3. The highest BCUT2D eigenvalue weighted by Crippen LogP contribution is 2.43. The van der Waals surface area contributed by atoms with Gasteiger partial charge in [0.25, 0.3) is 0 Å². The second-order valence-electron chi connectivity index (χ2n) is 7.16. The summed E-state index contributed by atoms with van der Waals surface area (Å²) in [6.07, 6.45) is 1.78. The lowest BCUT2D eigenvalue weighted by molar-refractivity contribution is 0.101. The van der Waals surface area contributed by atoms with Crippen molar-refractivity contribution in [3.63, 3.8) is 0 Å². The maximum Gasteiger partial charge on any atom is 0.162 e. The quantitative estimate of drug-likeness (QED) is 0.273. The van der Waals surface area contributed by atoms with Gasteiger partial charge in [0, 0.05) is 33.3 Å². The van der Waals surface area contributed by atoms with Gasteiger partial charge in [-0.2, -0.15) is 0 Å². The van der Waals surface area contributed by atoms with E-state index < -0.39 is 0 Å². The van der Waals surface area contributed by atoms with Gasteiger partial charge in [-0.15, -0.1) is 0 Å². The van der Waals surface area contributed by atoms with Crippen LogP contribution < -0.4 is 0 Å². The van der Waals surface area contributed by atoms with Crippen LogP contribution in [0.2, 0.25) is 0 Å². The van der Waals surface area contributed by atoms with Crippen molar-refractivity contribution in [1.29, 1.82) is 0 Å². The van der Waals surface area contributed by atoms with E-state index in [0.717, 1.165) is 54.4 Å². The van der Waals surface area contributed by atoms with E-state index in [1.807, 2.05) is 49.4 Å². The second-order valence-corrected chi connectivity index (χ2v) is 8.01. The Labute approximate surface area is 176 Å². The topological polar surface area (TPSA) is 35.1 Å². The fraction of sp³-hybridized carbons (Fsp3) is 0.0800. The summed E-state index contributed by atoms with van der Waals surface area (Å²) in [6, 6.07) is 22.3. The molecular formula is C25H18BrNO2. The highest BCUT2D eigenvalue weighted by Gasteiger charge is 2.25. The maximum absolute atomic E-state index is 12.8. The van der Waals surface area contributed by atoms with E-state index in [2.05, 4.69) is 44.8 Å². The van der Waals surface area contributed by atoms with Crippen molar-refractivity contribution in [3.8, 4) is 16.8 Å². The lowest BCUT2D eigenvalue weighted by Crippen LogP contribution is -1.99. The lowest BCUT2D eigenvalue weighted by atomic mass is 9.98. The number of fused-ring (bicyclic) bond motifs is 3. The van der Waals surface area contributed by atoms with E-state index in [1.54, 1.807) is 13.2 Å². The number of aromatic nitrogens is 1. The van der Waals surface area contributed by atoms with E-state index in [9.17, 15) is 4.79 Å². The van der Waals surface area contributed by atoms with Gasteiger partial charge in [-0.1, -0.05) is 48.5 Å². The summed E-state index contributed by atoms with van der Waals surface area (Å²) in [5.41, 5.74) is 6.47. The van der Waals surface area contributed by atoms with E-state index >= 15 is 0 Å². The average molecular weight is 444 g/mol. The van der Waals surface area contributed by atoms with Crippen LogP contribution >= 0.6 is 15.9 Å². The van der Waals surface area contributed by atoms with Crippen LogP contribution in [-0.2, 0) is 0 Å². The van der Waals surface area contributed by atoms with Crippen molar-refractivity contribution in [3.05, 3.63) is 88.7 Å². The third-order valence-electron chi connectivity index (χ3n) is 5.42. The Morgan fingerprint density at radius 1 is 0.966 bits per heavy atom. The van der Waals surface area contributed by atoms with Crippen molar-refractivity contribution < 1.29 is 9.21 Å².